The number of Topliss-reactive ketones (excluding diaryl/α,β-unsaturated/α-hetero) is 2. The monoisotopic (exact) mass is 585 g/mol. The second-order valence-corrected chi connectivity index (χ2v) is 13.5. The van der Waals surface area contributed by atoms with Crippen molar-refractivity contribution >= 4 is 35.3 Å². The summed E-state index contributed by atoms with van der Waals surface area (Å²) in [5.41, 5.74) is -0.683. The molecule has 0 aromatic heterocycles. The van der Waals surface area contributed by atoms with Crippen molar-refractivity contribution in [2.24, 2.45) is 29.1 Å². The maximum Gasteiger partial charge on any atom is 0.316 e. The van der Waals surface area contributed by atoms with Crippen molar-refractivity contribution in [3.05, 3.63) is 12.7 Å². The lowest BCUT2D eigenvalue weighted by Gasteiger charge is -2.37. The fourth-order valence-electron chi connectivity index (χ4n) is 6.65. The lowest BCUT2D eigenvalue weighted by atomic mass is 9.73. The third-order valence-electron chi connectivity index (χ3n) is 9.37. The highest BCUT2D eigenvalue weighted by Crippen LogP contribution is 2.45. The minimum atomic E-state index is -0.945. The van der Waals surface area contributed by atoms with E-state index >= 15 is 0 Å². The molecule has 5 atom stereocenters. The Morgan fingerprint density at radius 2 is 1.60 bits per heavy atom. The van der Waals surface area contributed by atoms with Crippen molar-refractivity contribution in [2.75, 3.05) is 19.6 Å². The van der Waals surface area contributed by atoms with Crippen LogP contribution in [0.3, 0.4) is 0 Å². The van der Waals surface area contributed by atoms with Crippen molar-refractivity contribution < 1.29 is 28.8 Å². The van der Waals surface area contributed by atoms with Crippen molar-refractivity contribution in [3.8, 4) is 0 Å². The van der Waals surface area contributed by atoms with Gasteiger partial charge in [0.25, 0.3) is 5.91 Å². The zero-order chi connectivity index (χ0) is 30.6. The van der Waals surface area contributed by atoms with E-state index in [4.69, 9.17) is 0 Å². The van der Waals surface area contributed by atoms with Crippen LogP contribution in [0.15, 0.2) is 12.7 Å². The second kappa shape index (κ2) is 13.4. The number of carbonyl (C=O) groups excluding carboxylic acids is 6. The van der Waals surface area contributed by atoms with Crippen molar-refractivity contribution in [1.29, 1.82) is 0 Å². The van der Waals surface area contributed by atoms with Gasteiger partial charge >= 0.3 is 6.03 Å². The number of nitrogens with one attached hydrogen (secondary N) is 4. The van der Waals surface area contributed by atoms with Gasteiger partial charge in [-0.25, -0.2) is 4.79 Å². The van der Waals surface area contributed by atoms with Gasteiger partial charge in [-0.2, -0.15) is 0 Å². The first-order chi connectivity index (χ1) is 19.9. The van der Waals surface area contributed by atoms with Crippen LogP contribution < -0.4 is 21.3 Å². The van der Waals surface area contributed by atoms with Crippen LogP contribution in [0.1, 0.15) is 78.6 Å². The molecule has 0 bridgehead atoms. The largest absolute Gasteiger partial charge is 0.347 e. The molecule has 1 saturated heterocycles. The first-order valence-corrected chi connectivity index (χ1v) is 15.5. The van der Waals surface area contributed by atoms with E-state index < -0.39 is 53.7 Å². The molecule has 1 heterocycles. The van der Waals surface area contributed by atoms with Crippen LogP contribution in [-0.2, 0) is 24.0 Å². The van der Waals surface area contributed by atoms with Crippen LogP contribution in [0.2, 0.25) is 0 Å². The molecule has 3 saturated carbocycles. The minimum Gasteiger partial charge on any atom is -0.347 e. The first-order valence-electron chi connectivity index (χ1n) is 15.5. The summed E-state index contributed by atoms with van der Waals surface area (Å²) < 4.78 is 0. The van der Waals surface area contributed by atoms with Crippen molar-refractivity contribution in [2.45, 2.75) is 96.7 Å². The Hall–Kier alpha value is -3.24. The molecule has 11 heteroatoms. The summed E-state index contributed by atoms with van der Waals surface area (Å²) in [7, 11) is 0. The standard InChI is InChI=1S/C31H47N5O6/c1-5-15-32-27(39)22(37)16-33-28(40)24-21-14-13-20(21)17-36(24)29(41)26(31(2,3)4)35-30(42)34-23(25(38)19-11-12-19)18-9-7-6-8-10-18/h5,18-21,23-24,26H,1,6-17H2,2-4H3,(H,32,39)(H,33,40)(H2,34,35,42)/t20-,21-,23-,24-,26+/m0/s1. The van der Waals surface area contributed by atoms with Crippen LogP contribution in [0.25, 0.3) is 0 Å². The molecule has 3 aliphatic carbocycles. The van der Waals surface area contributed by atoms with Gasteiger partial charge in [0.2, 0.25) is 17.6 Å². The summed E-state index contributed by atoms with van der Waals surface area (Å²) in [5.74, 6) is -2.12. The predicted molar refractivity (Wildman–Crippen MR) is 156 cm³/mol. The summed E-state index contributed by atoms with van der Waals surface area (Å²) in [6.07, 6.45) is 9.85. The molecule has 5 amide bonds. The number of ketones is 2. The van der Waals surface area contributed by atoms with Crippen LogP contribution >= 0.6 is 0 Å². The Morgan fingerprint density at radius 1 is 0.905 bits per heavy atom. The van der Waals surface area contributed by atoms with E-state index in [1.165, 1.54) is 11.0 Å². The number of carbonyl (C=O) groups is 6. The molecule has 4 rings (SSSR count). The van der Waals surface area contributed by atoms with Crippen molar-refractivity contribution in [1.82, 2.24) is 26.2 Å². The summed E-state index contributed by atoms with van der Waals surface area (Å²) in [6, 6.07) is -2.84. The zero-order valence-corrected chi connectivity index (χ0v) is 25.2. The molecule has 232 valence electrons. The SMILES string of the molecule is C=CCNC(=O)C(=O)CNC(=O)[C@@H]1[C@H]2CC[C@H]2CN1C(=O)[C@@H](NC(=O)N[C@H](C(=O)C1CC1)C1CCCCC1)C(C)(C)C. The highest BCUT2D eigenvalue weighted by Gasteiger charge is 2.54. The molecule has 42 heavy (non-hydrogen) atoms. The Morgan fingerprint density at radius 3 is 2.17 bits per heavy atom. The minimum absolute atomic E-state index is 0.0107. The number of likely N-dealkylation sites (tertiary alicyclic amines) is 1. The normalized spacial score (nSPS) is 25.2. The van der Waals surface area contributed by atoms with Crippen LogP contribution in [0.5, 0.6) is 0 Å². The quantitative estimate of drug-likeness (QED) is 0.203. The second-order valence-electron chi connectivity index (χ2n) is 13.5. The molecule has 0 spiro atoms. The summed E-state index contributed by atoms with van der Waals surface area (Å²) in [5, 5.41) is 10.8. The van der Waals surface area contributed by atoms with E-state index in [2.05, 4.69) is 27.8 Å². The molecule has 0 radical (unpaired) electrons. The van der Waals surface area contributed by atoms with Gasteiger partial charge in [-0.1, -0.05) is 46.1 Å². The fourth-order valence-corrected chi connectivity index (χ4v) is 6.65. The van der Waals surface area contributed by atoms with Crippen LogP contribution in [0.4, 0.5) is 4.79 Å². The van der Waals surface area contributed by atoms with Gasteiger partial charge in [0, 0.05) is 19.0 Å². The maximum absolute atomic E-state index is 14.1. The molecular weight excluding hydrogens is 538 g/mol. The fraction of sp³-hybridized carbons (Fsp3) is 0.742. The molecule has 4 N–H and O–H groups in total. The number of hydrogen-bond donors (Lipinski definition) is 4. The Kier molecular flexibility index (Phi) is 10.1. The van der Waals surface area contributed by atoms with Crippen LogP contribution in [0, 0.1) is 29.1 Å². The smallest absolute Gasteiger partial charge is 0.316 e. The molecular formula is C31H47N5O6. The first kappa shape index (κ1) is 31.7. The van der Waals surface area contributed by atoms with Gasteiger partial charge in [-0.3, -0.25) is 24.0 Å². The van der Waals surface area contributed by atoms with E-state index in [0.717, 1.165) is 57.8 Å². The predicted octanol–water partition coefficient (Wildman–Crippen LogP) is 1.85. The Balaban J connectivity index is 1.44. The van der Waals surface area contributed by atoms with Crippen molar-refractivity contribution in [3.63, 3.8) is 0 Å². The molecule has 11 nitrogen and oxygen atoms in total. The molecule has 1 aliphatic heterocycles. The van der Waals surface area contributed by atoms with E-state index in [1.807, 2.05) is 20.8 Å². The molecule has 0 aromatic rings. The lowest BCUT2D eigenvalue weighted by molar-refractivity contribution is -0.143. The third-order valence-corrected chi connectivity index (χ3v) is 9.37. The lowest BCUT2D eigenvalue weighted by Crippen LogP contribution is -2.61. The van der Waals surface area contributed by atoms with E-state index in [-0.39, 0.29) is 41.9 Å². The number of hydrogen-bond acceptors (Lipinski definition) is 6. The highest BCUT2D eigenvalue weighted by molar-refractivity contribution is 6.37. The highest BCUT2D eigenvalue weighted by atomic mass is 16.2. The Bertz CT molecular complexity index is 1090. The zero-order valence-electron chi connectivity index (χ0n) is 25.2. The van der Waals surface area contributed by atoms with Gasteiger partial charge in [0.05, 0.1) is 12.6 Å². The summed E-state index contributed by atoms with van der Waals surface area (Å²) in [6.45, 7) is 9.09. The average molecular weight is 586 g/mol. The van der Waals surface area contributed by atoms with E-state index in [1.54, 1.807) is 0 Å². The van der Waals surface area contributed by atoms with Gasteiger partial charge < -0.3 is 26.2 Å². The molecule has 0 unspecified atom stereocenters. The average Bonchev–Trinajstić information content (AvgIpc) is 3.76. The van der Waals surface area contributed by atoms with Gasteiger partial charge in [-0.15, -0.1) is 6.58 Å². The number of nitrogens with zero attached hydrogens (tertiary/aromatic N) is 1. The van der Waals surface area contributed by atoms with Crippen LogP contribution in [-0.4, -0.2) is 78.0 Å². The summed E-state index contributed by atoms with van der Waals surface area (Å²) in [4.78, 5) is 79.5. The van der Waals surface area contributed by atoms with E-state index in [0.29, 0.717) is 6.54 Å². The van der Waals surface area contributed by atoms with Gasteiger partial charge in [0.15, 0.2) is 5.78 Å². The molecule has 0 aromatic carbocycles. The number of amides is 5. The van der Waals surface area contributed by atoms with E-state index in [9.17, 15) is 28.8 Å². The molecule has 4 aliphatic rings. The third kappa shape index (κ3) is 7.39. The van der Waals surface area contributed by atoms with Gasteiger partial charge in [-0.05, 0) is 61.7 Å². The topological polar surface area (TPSA) is 154 Å². The number of urea groups is 1. The Labute approximate surface area is 248 Å². The van der Waals surface area contributed by atoms with Gasteiger partial charge in [0.1, 0.15) is 12.1 Å². The summed E-state index contributed by atoms with van der Waals surface area (Å²) >= 11 is 0. The maximum atomic E-state index is 14.1. The molecule has 4 fully saturated rings. The number of rotatable bonds is 12. The number of fused-ring (bicyclic) bond motifs is 1.